The lowest BCUT2D eigenvalue weighted by molar-refractivity contribution is 0.0996. The van der Waals surface area contributed by atoms with Gasteiger partial charge in [0, 0.05) is 12.5 Å². The standard InChI is InChI=1S/C12H16N4O/c1-2-9-7(5-6-17-9)11-14-8-3-4-10(13)15-12(8)16-11/h3-4,7,9H,2,5-6H2,1H3,(H3,13,14,15,16). The highest BCUT2D eigenvalue weighted by Crippen LogP contribution is 2.32. The minimum atomic E-state index is 0.271. The lowest BCUT2D eigenvalue weighted by Gasteiger charge is -2.13. The summed E-state index contributed by atoms with van der Waals surface area (Å²) in [6.45, 7) is 2.96. The molecule has 2 aromatic heterocycles. The van der Waals surface area contributed by atoms with Crippen LogP contribution in [0.1, 0.15) is 31.5 Å². The Labute approximate surface area is 99.4 Å². The Morgan fingerprint density at radius 3 is 3.18 bits per heavy atom. The summed E-state index contributed by atoms with van der Waals surface area (Å²) in [5, 5.41) is 0. The molecule has 5 nitrogen and oxygen atoms in total. The van der Waals surface area contributed by atoms with Crippen molar-refractivity contribution < 1.29 is 4.74 Å². The largest absolute Gasteiger partial charge is 0.384 e. The number of aromatic amines is 1. The molecule has 3 rings (SSSR count). The number of hydrogen-bond donors (Lipinski definition) is 2. The van der Waals surface area contributed by atoms with Crippen LogP contribution in [0.25, 0.3) is 11.2 Å². The van der Waals surface area contributed by atoms with E-state index in [1.165, 1.54) is 0 Å². The Morgan fingerprint density at radius 2 is 2.35 bits per heavy atom. The van der Waals surface area contributed by atoms with E-state index >= 15 is 0 Å². The molecule has 0 bridgehead atoms. The van der Waals surface area contributed by atoms with Crippen LogP contribution in [0.2, 0.25) is 0 Å². The van der Waals surface area contributed by atoms with E-state index in [0.29, 0.717) is 17.4 Å². The maximum atomic E-state index is 5.68. The van der Waals surface area contributed by atoms with Gasteiger partial charge in [-0.05, 0) is 25.0 Å². The van der Waals surface area contributed by atoms with Gasteiger partial charge in [-0.3, -0.25) is 0 Å². The van der Waals surface area contributed by atoms with Gasteiger partial charge in [0.15, 0.2) is 5.65 Å². The van der Waals surface area contributed by atoms with Crippen LogP contribution in [0.15, 0.2) is 12.1 Å². The Morgan fingerprint density at radius 1 is 1.47 bits per heavy atom. The van der Waals surface area contributed by atoms with Gasteiger partial charge < -0.3 is 15.5 Å². The second kappa shape index (κ2) is 4.00. The van der Waals surface area contributed by atoms with Crippen molar-refractivity contribution >= 4 is 17.0 Å². The van der Waals surface area contributed by atoms with Gasteiger partial charge in [0.2, 0.25) is 0 Å². The van der Waals surface area contributed by atoms with Crippen molar-refractivity contribution in [1.29, 1.82) is 0 Å². The maximum absolute atomic E-state index is 5.68. The molecule has 2 unspecified atom stereocenters. The minimum absolute atomic E-state index is 0.271. The summed E-state index contributed by atoms with van der Waals surface area (Å²) in [6.07, 6.45) is 2.30. The van der Waals surface area contributed by atoms with Gasteiger partial charge in [0.1, 0.15) is 11.6 Å². The van der Waals surface area contributed by atoms with Gasteiger partial charge in [0.05, 0.1) is 11.6 Å². The SMILES string of the molecule is CCC1OCCC1c1nc2nc(N)ccc2[nH]1. The van der Waals surface area contributed by atoms with Gasteiger partial charge in [-0.25, -0.2) is 9.97 Å². The number of nitrogen functional groups attached to an aromatic ring is 1. The number of H-pyrrole nitrogens is 1. The highest BCUT2D eigenvalue weighted by Gasteiger charge is 2.30. The van der Waals surface area contributed by atoms with Crippen molar-refractivity contribution in [3.05, 3.63) is 18.0 Å². The van der Waals surface area contributed by atoms with Crippen LogP contribution in [0.5, 0.6) is 0 Å². The van der Waals surface area contributed by atoms with Crippen LogP contribution in [0.4, 0.5) is 5.82 Å². The highest BCUT2D eigenvalue weighted by molar-refractivity contribution is 5.72. The van der Waals surface area contributed by atoms with Crippen molar-refractivity contribution in [1.82, 2.24) is 15.0 Å². The zero-order chi connectivity index (χ0) is 11.8. The molecule has 1 fully saturated rings. The third-order valence-electron chi connectivity index (χ3n) is 3.35. The molecule has 17 heavy (non-hydrogen) atoms. The van der Waals surface area contributed by atoms with E-state index in [0.717, 1.165) is 30.8 Å². The molecule has 0 amide bonds. The van der Waals surface area contributed by atoms with E-state index in [1.807, 2.05) is 6.07 Å². The molecule has 1 aliphatic rings. The van der Waals surface area contributed by atoms with Crippen molar-refractivity contribution in [2.75, 3.05) is 12.3 Å². The zero-order valence-electron chi connectivity index (χ0n) is 9.81. The summed E-state index contributed by atoms with van der Waals surface area (Å²) in [7, 11) is 0. The number of aromatic nitrogens is 3. The summed E-state index contributed by atoms with van der Waals surface area (Å²) in [6, 6.07) is 3.71. The zero-order valence-corrected chi connectivity index (χ0v) is 9.81. The van der Waals surface area contributed by atoms with Crippen LogP contribution in [0, 0.1) is 0 Å². The molecular formula is C12H16N4O. The molecule has 3 N–H and O–H groups in total. The number of imidazole rings is 1. The number of rotatable bonds is 2. The van der Waals surface area contributed by atoms with Crippen molar-refractivity contribution in [2.45, 2.75) is 31.8 Å². The Bertz CT molecular complexity index is 536. The number of fused-ring (bicyclic) bond motifs is 1. The molecule has 0 aliphatic carbocycles. The molecule has 1 aliphatic heterocycles. The monoisotopic (exact) mass is 232 g/mol. The minimum Gasteiger partial charge on any atom is -0.384 e. The number of pyridine rings is 1. The van der Waals surface area contributed by atoms with Crippen LogP contribution in [-0.2, 0) is 4.74 Å². The molecule has 0 radical (unpaired) electrons. The van der Waals surface area contributed by atoms with Gasteiger partial charge in [-0.2, -0.15) is 0 Å². The summed E-state index contributed by atoms with van der Waals surface area (Å²) in [5.41, 5.74) is 7.29. The first-order valence-corrected chi connectivity index (χ1v) is 6.01. The number of nitrogens with zero attached hydrogens (tertiary/aromatic N) is 2. The van der Waals surface area contributed by atoms with E-state index < -0.39 is 0 Å². The second-order valence-corrected chi connectivity index (χ2v) is 4.44. The fourth-order valence-electron chi connectivity index (χ4n) is 2.47. The smallest absolute Gasteiger partial charge is 0.179 e. The number of anilines is 1. The van der Waals surface area contributed by atoms with Crippen molar-refractivity contribution in [3.63, 3.8) is 0 Å². The summed E-state index contributed by atoms with van der Waals surface area (Å²) < 4.78 is 5.68. The lowest BCUT2D eigenvalue weighted by atomic mass is 9.99. The molecule has 0 spiro atoms. The van der Waals surface area contributed by atoms with Gasteiger partial charge in [-0.15, -0.1) is 0 Å². The molecule has 2 aromatic rings. The van der Waals surface area contributed by atoms with Crippen LogP contribution >= 0.6 is 0 Å². The first-order valence-electron chi connectivity index (χ1n) is 6.01. The molecular weight excluding hydrogens is 216 g/mol. The van der Waals surface area contributed by atoms with E-state index in [9.17, 15) is 0 Å². The quantitative estimate of drug-likeness (QED) is 0.828. The molecule has 5 heteroatoms. The predicted molar refractivity (Wildman–Crippen MR) is 65.7 cm³/mol. The molecule has 2 atom stereocenters. The van der Waals surface area contributed by atoms with Crippen LogP contribution < -0.4 is 5.73 Å². The molecule has 1 saturated heterocycles. The maximum Gasteiger partial charge on any atom is 0.179 e. The van der Waals surface area contributed by atoms with E-state index in [4.69, 9.17) is 10.5 Å². The third-order valence-corrected chi connectivity index (χ3v) is 3.35. The summed E-state index contributed by atoms with van der Waals surface area (Å²) in [4.78, 5) is 12.1. The van der Waals surface area contributed by atoms with Crippen molar-refractivity contribution in [3.8, 4) is 0 Å². The molecule has 0 saturated carbocycles. The number of ether oxygens (including phenoxy) is 1. The van der Waals surface area contributed by atoms with Gasteiger partial charge in [0.25, 0.3) is 0 Å². The molecule has 90 valence electrons. The molecule has 0 aromatic carbocycles. The second-order valence-electron chi connectivity index (χ2n) is 4.44. The predicted octanol–water partition coefficient (Wildman–Crippen LogP) is 1.82. The molecule has 3 heterocycles. The Balaban J connectivity index is 2.00. The fourth-order valence-corrected chi connectivity index (χ4v) is 2.47. The number of hydrogen-bond acceptors (Lipinski definition) is 4. The van der Waals surface area contributed by atoms with E-state index in [-0.39, 0.29) is 6.10 Å². The fraction of sp³-hybridized carbons (Fsp3) is 0.500. The number of nitrogens with one attached hydrogen (secondary N) is 1. The normalized spacial score (nSPS) is 24.5. The summed E-state index contributed by atoms with van der Waals surface area (Å²) in [5.74, 6) is 1.84. The van der Waals surface area contributed by atoms with Crippen LogP contribution in [-0.4, -0.2) is 27.7 Å². The lowest BCUT2D eigenvalue weighted by Crippen LogP contribution is -2.14. The van der Waals surface area contributed by atoms with E-state index in [1.54, 1.807) is 6.07 Å². The van der Waals surface area contributed by atoms with Crippen LogP contribution in [0.3, 0.4) is 0 Å². The average Bonchev–Trinajstić information content (AvgIpc) is 2.93. The third kappa shape index (κ3) is 1.76. The topological polar surface area (TPSA) is 76.8 Å². The summed E-state index contributed by atoms with van der Waals surface area (Å²) >= 11 is 0. The van der Waals surface area contributed by atoms with Crippen molar-refractivity contribution in [2.24, 2.45) is 0 Å². The first kappa shape index (κ1) is 10.5. The Hall–Kier alpha value is -1.62. The highest BCUT2D eigenvalue weighted by atomic mass is 16.5. The van der Waals surface area contributed by atoms with E-state index in [2.05, 4.69) is 21.9 Å². The number of nitrogens with two attached hydrogens (primary N) is 1. The first-order chi connectivity index (χ1) is 8.28. The van der Waals surface area contributed by atoms with Gasteiger partial charge >= 0.3 is 0 Å². The average molecular weight is 232 g/mol. The Kier molecular flexibility index (Phi) is 2.48. The van der Waals surface area contributed by atoms with Gasteiger partial charge in [-0.1, -0.05) is 6.92 Å².